The highest BCUT2D eigenvalue weighted by Crippen LogP contribution is 2.42. The number of hydrogen-bond donors (Lipinski definition) is 1. The van der Waals surface area contributed by atoms with E-state index in [0.29, 0.717) is 5.01 Å². The van der Waals surface area contributed by atoms with Gasteiger partial charge >= 0.3 is 12.4 Å². The van der Waals surface area contributed by atoms with Crippen molar-refractivity contribution in [1.82, 2.24) is 10.3 Å². The summed E-state index contributed by atoms with van der Waals surface area (Å²) in [5.74, 6) is -3.41. The van der Waals surface area contributed by atoms with Gasteiger partial charge in [0.2, 0.25) is 0 Å². The molecule has 2 nitrogen and oxygen atoms in total. The number of aryl methyl sites for hydroxylation is 1. The molecule has 0 saturated carbocycles. The lowest BCUT2D eigenvalue weighted by Crippen LogP contribution is -2.52. The lowest BCUT2D eigenvalue weighted by atomic mass is 9.94. The fraction of sp³-hybridized carbons (Fsp3) is 0.727. The number of likely N-dealkylation sites (N-methyl/N-ethyl adjacent to an activating group) is 1. The van der Waals surface area contributed by atoms with Gasteiger partial charge in [0.15, 0.2) is 5.92 Å². The maximum absolute atomic E-state index is 12.7. The van der Waals surface area contributed by atoms with Crippen LogP contribution in [0.15, 0.2) is 5.38 Å². The van der Waals surface area contributed by atoms with Gasteiger partial charge < -0.3 is 5.32 Å². The van der Waals surface area contributed by atoms with E-state index in [4.69, 9.17) is 0 Å². The summed E-state index contributed by atoms with van der Waals surface area (Å²) in [6, 6.07) is -1.78. The first-order valence-corrected chi connectivity index (χ1v) is 6.71. The molecule has 0 radical (unpaired) electrons. The Morgan fingerprint density at radius 3 is 2.10 bits per heavy atom. The van der Waals surface area contributed by atoms with E-state index < -0.39 is 30.7 Å². The van der Waals surface area contributed by atoms with Crippen molar-refractivity contribution in [3.63, 3.8) is 0 Å². The van der Waals surface area contributed by atoms with Crippen molar-refractivity contribution in [3.8, 4) is 0 Å². The van der Waals surface area contributed by atoms with Gasteiger partial charge in [0.25, 0.3) is 0 Å². The summed E-state index contributed by atoms with van der Waals surface area (Å²) >= 11 is 1.19. The molecule has 1 aromatic rings. The molecule has 1 atom stereocenters. The molecule has 1 unspecified atom stereocenters. The molecule has 1 heterocycles. The number of halogens is 6. The van der Waals surface area contributed by atoms with Crippen LogP contribution in [-0.4, -0.2) is 29.9 Å². The molecule has 0 bridgehead atoms. The lowest BCUT2D eigenvalue weighted by molar-refractivity contribution is -0.291. The summed E-state index contributed by atoms with van der Waals surface area (Å²) in [4.78, 5) is 3.92. The van der Waals surface area contributed by atoms with Gasteiger partial charge in [-0.15, -0.1) is 11.3 Å². The molecule has 0 spiro atoms. The van der Waals surface area contributed by atoms with Crippen LogP contribution < -0.4 is 5.32 Å². The Hall–Kier alpha value is -0.830. The molecule has 0 saturated heterocycles. The molecule has 20 heavy (non-hydrogen) atoms. The third kappa shape index (κ3) is 4.62. The third-order valence-corrected chi connectivity index (χ3v) is 3.49. The fourth-order valence-corrected chi connectivity index (χ4v) is 2.56. The van der Waals surface area contributed by atoms with Crippen LogP contribution in [0.4, 0.5) is 26.3 Å². The van der Waals surface area contributed by atoms with Crippen molar-refractivity contribution in [1.29, 1.82) is 0 Å². The Balaban J connectivity index is 3.02. The summed E-state index contributed by atoms with van der Waals surface area (Å²) in [6.45, 7) is 3.11. The summed E-state index contributed by atoms with van der Waals surface area (Å²) in [7, 11) is 0. The van der Waals surface area contributed by atoms with Gasteiger partial charge in [0.05, 0.1) is 10.7 Å². The average molecular weight is 320 g/mol. The Kier molecular flexibility index (Phi) is 5.42. The molecule has 0 aliphatic heterocycles. The predicted octanol–water partition coefficient (Wildman–Crippen LogP) is 3.71. The largest absolute Gasteiger partial charge is 0.402 e. The van der Waals surface area contributed by atoms with Crippen LogP contribution in [0, 0.1) is 12.8 Å². The molecular formula is C11H14F6N2S. The van der Waals surface area contributed by atoms with Crippen LogP contribution in [0.2, 0.25) is 0 Å². The highest BCUT2D eigenvalue weighted by Gasteiger charge is 2.60. The highest BCUT2D eigenvalue weighted by molar-refractivity contribution is 7.09. The second-order valence-electron chi connectivity index (χ2n) is 4.29. The summed E-state index contributed by atoms with van der Waals surface area (Å²) in [5.41, 5.74) is 0.233. The van der Waals surface area contributed by atoms with E-state index in [2.05, 4.69) is 10.3 Å². The van der Waals surface area contributed by atoms with Gasteiger partial charge in [0, 0.05) is 17.8 Å². The topological polar surface area (TPSA) is 24.9 Å². The molecule has 0 amide bonds. The zero-order valence-corrected chi connectivity index (χ0v) is 11.6. The van der Waals surface area contributed by atoms with Crippen molar-refractivity contribution >= 4 is 11.3 Å². The van der Waals surface area contributed by atoms with Crippen LogP contribution in [0.25, 0.3) is 0 Å². The smallest absolute Gasteiger partial charge is 0.313 e. The predicted molar refractivity (Wildman–Crippen MR) is 63.6 cm³/mol. The minimum absolute atomic E-state index is 0.0104. The molecule has 0 aromatic carbocycles. The summed E-state index contributed by atoms with van der Waals surface area (Å²) in [6.07, 6.45) is -11.1. The standard InChI is InChI=1S/C11H14F6N2S/c1-3-18-8(4-7-5-20-6(2)19-7)9(10(12,13)14)11(15,16)17/h5,8-9,18H,3-4H2,1-2H3. The third-order valence-electron chi connectivity index (χ3n) is 2.67. The second kappa shape index (κ2) is 6.30. The zero-order valence-electron chi connectivity index (χ0n) is 10.8. The monoisotopic (exact) mass is 320 g/mol. The van der Waals surface area contributed by atoms with Crippen LogP contribution in [0.3, 0.4) is 0 Å². The van der Waals surface area contributed by atoms with Gasteiger partial charge in [-0.2, -0.15) is 26.3 Å². The van der Waals surface area contributed by atoms with E-state index in [1.165, 1.54) is 23.6 Å². The van der Waals surface area contributed by atoms with E-state index in [0.717, 1.165) is 0 Å². The number of rotatable bonds is 5. The first-order chi connectivity index (χ1) is 9.05. The van der Waals surface area contributed by atoms with Crippen molar-refractivity contribution < 1.29 is 26.3 Å². The van der Waals surface area contributed by atoms with E-state index >= 15 is 0 Å². The van der Waals surface area contributed by atoms with Gasteiger partial charge in [-0.3, -0.25) is 0 Å². The molecule has 0 aliphatic carbocycles. The number of thiazole rings is 1. The van der Waals surface area contributed by atoms with E-state index in [9.17, 15) is 26.3 Å². The van der Waals surface area contributed by atoms with Crippen LogP contribution in [0.1, 0.15) is 17.6 Å². The Morgan fingerprint density at radius 2 is 1.75 bits per heavy atom. The normalized spacial score (nSPS) is 14.8. The van der Waals surface area contributed by atoms with Gasteiger partial charge in [-0.05, 0) is 13.5 Å². The van der Waals surface area contributed by atoms with Crippen LogP contribution >= 0.6 is 11.3 Å². The minimum Gasteiger partial charge on any atom is -0.313 e. The van der Waals surface area contributed by atoms with E-state index in [1.54, 1.807) is 6.92 Å². The molecule has 0 aliphatic rings. The first-order valence-electron chi connectivity index (χ1n) is 5.83. The molecule has 1 N–H and O–H groups in total. The molecule has 9 heteroatoms. The maximum atomic E-state index is 12.7. The Bertz CT molecular complexity index is 411. The van der Waals surface area contributed by atoms with Crippen molar-refractivity contribution in [2.24, 2.45) is 5.92 Å². The highest BCUT2D eigenvalue weighted by atomic mass is 32.1. The average Bonchev–Trinajstić information content (AvgIpc) is 2.59. The fourth-order valence-electron chi connectivity index (χ4n) is 1.94. The van der Waals surface area contributed by atoms with Gasteiger partial charge in [0.1, 0.15) is 0 Å². The number of nitrogens with zero attached hydrogens (tertiary/aromatic N) is 1. The number of alkyl halides is 6. The van der Waals surface area contributed by atoms with E-state index in [-0.39, 0.29) is 12.2 Å². The number of hydrogen-bond acceptors (Lipinski definition) is 3. The lowest BCUT2D eigenvalue weighted by Gasteiger charge is -2.30. The number of aromatic nitrogens is 1. The quantitative estimate of drug-likeness (QED) is 0.837. The van der Waals surface area contributed by atoms with Crippen LogP contribution in [-0.2, 0) is 6.42 Å². The van der Waals surface area contributed by atoms with E-state index in [1.807, 2.05) is 0 Å². The Labute approximate surface area is 116 Å². The minimum atomic E-state index is -5.35. The maximum Gasteiger partial charge on any atom is 0.402 e. The van der Waals surface area contributed by atoms with Gasteiger partial charge in [-0.25, -0.2) is 4.98 Å². The number of nitrogens with one attached hydrogen (secondary N) is 1. The molecule has 1 rings (SSSR count). The molecule has 116 valence electrons. The molecular weight excluding hydrogens is 306 g/mol. The molecule has 1 aromatic heterocycles. The Morgan fingerprint density at radius 1 is 1.20 bits per heavy atom. The summed E-state index contributed by atoms with van der Waals surface area (Å²) < 4.78 is 76.3. The van der Waals surface area contributed by atoms with Crippen LogP contribution in [0.5, 0.6) is 0 Å². The van der Waals surface area contributed by atoms with Crippen molar-refractivity contribution in [2.45, 2.75) is 38.7 Å². The van der Waals surface area contributed by atoms with Gasteiger partial charge in [-0.1, -0.05) is 6.92 Å². The summed E-state index contributed by atoms with van der Waals surface area (Å²) in [5, 5.41) is 4.36. The van der Waals surface area contributed by atoms with Crippen molar-refractivity contribution in [2.75, 3.05) is 6.54 Å². The zero-order chi connectivity index (χ0) is 15.6. The SMILES string of the molecule is CCNC(Cc1csc(C)n1)C(C(F)(F)F)C(F)(F)F. The molecule has 0 fully saturated rings. The first kappa shape index (κ1) is 17.2. The van der Waals surface area contributed by atoms with Crippen molar-refractivity contribution in [3.05, 3.63) is 16.1 Å². The second-order valence-corrected chi connectivity index (χ2v) is 5.35.